The third kappa shape index (κ3) is 2.89. The molecule has 0 bridgehead atoms. The Morgan fingerprint density at radius 1 is 1.12 bits per heavy atom. The standard InChI is InChI=1S/C19H19N3O2/c23-18-12-22(17(11-21-18)14-4-2-1-3-5-14)19(24)16-10-15(8-9-20-16)13-6-7-13/h1-5,8-10,13,17H,6-7,11-12H2,(H,21,23). The fraction of sp³-hybridized carbons (Fsp3) is 0.316. The minimum absolute atomic E-state index is 0.0632. The molecule has 2 amide bonds. The Kier molecular flexibility index (Phi) is 3.76. The summed E-state index contributed by atoms with van der Waals surface area (Å²) in [6.07, 6.45) is 4.05. The first kappa shape index (κ1) is 14.9. The van der Waals surface area contributed by atoms with E-state index in [0.717, 1.165) is 5.56 Å². The van der Waals surface area contributed by atoms with E-state index in [4.69, 9.17) is 0 Å². The van der Waals surface area contributed by atoms with Crippen LogP contribution >= 0.6 is 0 Å². The van der Waals surface area contributed by atoms with Crippen molar-refractivity contribution in [1.82, 2.24) is 15.2 Å². The van der Waals surface area contributed by atoms with Gasteiger partial charge >= 0.3 is 0 Å². The quantitative estimate of drug-likeness (QED) is 0.943. The number of nitrogens with zero attached hydrogens (tertiary/aromatic N) is 2. The molecule has 1 unspecified atom stereocenters. The van der Waals surface area contributed by atoms with Crippen molar-refractivity contribution in [3.63, 3.8) is 0 Å². The maximum atomic E-state index is 13.0. The third-order valence-corrected chi connectivity index (χ3v) is 4.68. The number of hydrogen-bond donors (Lipinski definition) is 1. The minimum atomic E-state index is -0.179. The zero-order chi connectivity index (χ0) is 16.5. The van der Waals surface area contributed by atoms with Gasteiger partial charge in [0.1, 0.15) is 12.2 Å². The van der Waals surface area contributed by atoms with Gasteiger partial charge in [-0.1, -0.05) is 30.3 Å². The van der Waals surface area contributed by atoms with E-state index < -0.39 is 0 Å². The summed E-state index contributed by atoms with van der Waals surface area (Å²) in [4.78, 5) is 30.7. The number of amides is 2. The van der Waals surface area contributed by atoms with Crippen molar-refractivity contribution in [3.05, 3.63) is 65.5 Å². The molecule has 1 aromatic carbocycles. The first-order chi connectivity index (χ1) is 11.7. The van der Waals surface area contributed by atoms with Crippen LogP contribution in [0.1, 0.15) is 46.4 Å². The van der Waals surface area contributed by atoms with E-state index in [1.165, 1.54) is 18.4 Å². The molecule has 4 rings (SSSR count). The summed E-state index contributed by atoms with van der Waals surface area (Å²) in [5.74, 6) is 0.254. The average Bonchev–Trinajstić information content (AvgIpc) is 3.47. The summed E-state index contributed by atoms with van der Waals surface area (Å²) in [6.45, 7) is 0.491. The van der Waals surface area contributed by atoms with Crippen molar-refractivity contribution in [2.24, 2.45) is 0 Å². The van der Waals surface area contributed by atoms with Crippen LogP contribution in [0.5, 0.6) is 0 Å². The lowest BCUT2D eigenvalue weighted by molar-refractivity contribution is -0.124. The monoisotopic (exact) mass is 321 g/mol. The molecule has 1 aromatic heterocycles. The van der Waals surface area contributed by atoms with Gasteiger partial charge in [-0.05, 0) is 42.0 Å². The fourth-order valence-corrected chi connectivity index (χ4v) is 3.21. The topological polar surface area (TPSA) is 62.3 Å². The summed E-state index contributed by atoms with van der Waals surface area (Å²) in [5.41, 5.74) is 2.62. The zero-order valence-corrected chi connectivity index (χ0v) is 13.3. The lowest BCUT2D eigenvalue weighted by Gasteiger charge is -2.35. The average molecular weight is 321 g/mol. The highest BCUT2D eigenvalue weighted by molar-refractivity contribution is 5.96. The highest BCUT2D eigenvalue weighted by Gasteiger charge is 2.33. The lowest BCUT2D eigenvalue weighted by Crippen LogP contribution is -2.52. The van der Waals surface area contributed by atoms with Crippen molar-refractivity contribution in [2.75, 3.05) is 13.1 Å². The second-order valence-electron chi connectivity index (χ2n) is 6.41. The smallest absolute Gasteiger partial charge is 0.273 e. The number of carbonyl (C=O) groups excluding carboxylic acids is 2. The molecule has 5 heteroatoms. The molecule has 5 nitrogen and oxygen atoms in total. The van der Waals surface area contributed by atoms with Crippen molar-refractivity contribution >= 4 is 11.8 Å². The molecule has 1 atom stereocenters. The van der Waals surface area contributed by atoms with Gasteiger partial charge in [-0.2, -0.15) is 0 Å². The van der Waals surface area contributed by atoms with Crippen molar-refractivity contribution in [3.8, 4) is 0 Å². The first-order valence-electron chi connectivity index (χ1n) is 8.31. The Balaban J connectivity index is 1.64. The van der Waals surface area contributed by atoms with Crippen LogP contribution in [0.2, 0.25) is 0 Å². The number of rotatable bonds is 3. The molecular formula is C19H19N3O2. The molecule has 24 heavy (non-hydrogen) atoms. The van der Waals surface area contributed by atoms with Crippen LogP contribution in [0.3, 0.4) is 0 Å². The number of nitrogens with one attached hydrogen (secondary N) is 1. The van der Waals surface area contributed by atoms with Gasteiger partial charge < -0.3 is 10.2 Å². The van der Waals surface area contributed by atoms with Gasteiger partial charge in [-0.3, -0.25) is 14.6 Å². The summed E-state index contributed by atoms with van der Waals surface area (Å²) in [7, 11) is 0. The highest BCUT2D eigenvalue weighted by atomic mass is 16.2. The van der Waals surface area contributed by atoms with E-state index in [1.54, 1.807) is 11.1 Å². The fourth-order valence-electron chi connectivity index (χ4n) is 3.21. The van der Waals surface area contributed by atoms with Crippen LogP contribution < -0.4 is 5.32 Å². The van der Waals surface area contributed by atoms with Gasteiger partial charge in [0, 0.05) is 12.7 Å². The molecule has 1 aliphatic carbocycles. The van der Waals surface area contributed by atoms with Crippen LogP contribution in [0.25, 0.3) is 0 Å². The normalized spacial score (nSPS) is 20.6. The summed E-state index contributed by atoms with van der Waals surface area (Å²) in [6, 6.07) is 13.5. The molecule has 0 radical (unpaired) electrons. The zero-order valence-electron chi connectivity index (χ0n) is 13.3. The molecule has 2 heterocycles. The minimum Gasteiger partial charge on any atom is -0.352 e. The number of pyridine rings is 1. The summed E-state index contributed by atoms with van der Waals surface area (Å²) < 4.78 is 0. The first-order valence-corrected chi connectivity index (χ1v) is 8.31. The van der Waals surface area contributed by atoms with Gasteiger partial charge in [0.2, 0.25) is 5.91 Å². The van der Waals surface area contributed by atoms with Crippen LogP contribution in [0, 0.1) is 0 Å². The largest absolute Gasteiger partial charge is 0.352 e. The predicted octanol–water partition coefficient (Wildman–Crippen LogP) is 2.27. The van der Waals surface area contributed by atoms with E-state index in [2.05, 4.69) is 10.3 Å². The van der Waals surface area contributed by atoms with Crippen molar-refractivity contribution < 1.29 is 9.59 Å². The molecule has 2 aromatic rings. The van der Waals surface area contributed by atoms with E-state index in [9.17, 15) is 9.59 Å². The summed E-state index contributed by atoms with van der Waals surface area (Å²) >= 11 is 0. The number of hydrogen-bond acceptors (Lipinski definition) is 3. The Morgan fingerprint density at radius 2 is 1.92 bits per heavy atom. The van der Waals surface area contributed by atoms with E-state index in [-0.39, 0.29) is 24.4 Å². The molecule has 122 valence electrons. The number of piperazine rings is 1. The predicted molar refractivity (Wildman–Crippen MR) is 89.4 cm³/mol. The van der Waals surface area contributed by atoms with Crippen LogP contribution in [-0.4, -0.2) is 34.8 Å². The maximum Gasteiger partial charge on any atom is 0.273 e. The van der Waals surface area contributed by atoms with E-state index in [0.29, 0.717) is 18.2 Å². The second kappa shape index (κ2) is 6.07. The maximum absolute atomic E-state index is 13.0. The molecule has 2 fully saturated rings. The van der Waals surface area contributed by atoms with E-state index in [1.807, 2.05) is 42.5 Å². The molecule has 2 aliphatic rings. The second-order valence-corrected chi connectivity index (χ2v) is 6.41. The SMILES string of the molecule is O=C1CN(C(=O)c2cc(C3CC3)ccn2)C(c2ccccc2)CN1. The summed E-state index contributed by atoms with van der Waals surface area (Å²) in [5, 5.41) is 2.85. The van der Waals surface area contributed by atoms with Crippen LogP contribution in [0.15, 0.2) is 48.7 Å². The molecule has 0 spiro atoms. The van der Waals surface area contributed by atoms with Crippen LogP contribution in [-0.2, 0) is 4.79 Å². The Bertz CT molecular complexity index is 771. The molecule has 1 N–H and O–H groups in total. The van der Waals surface area contributed by atoms with E-state index >= 15 is 0 Å². The lowest BCUT2D eigenvalue weighted by atomic mass is 10.0. The molecular weight excluding hydrogens is 302 g/mol. The molecule has 1 aliphatic heterocycles. The Morgan fingerprint density at radius 3 is 2.67 bits per heavy atom. The van der Waals surface area contributed by atoms with Gasteiger partial charge in [0.05, 0.1) is 6.04 Å². The Hall–Kier alpha value is -2.69. The van der Waals surface area contributed by atoms with Gasteiger partial charge in [0.15, 0.2) is 0 Å². The van der Waals surface area contributed by atoms with Crippen molar-refractivity contribution in [2.45, 2.75) is 24.8 Å². The Labute approximate surface area is 140 Å². The highest BCUT2D eigenvalue weighted by Crippen LogP contribution is 2.40. The van der Waals surface area contributed by atoms with Gasteiger partial charge in [0.25, 0.3) is 5.91 Å². The molecule has 1 saturated carbocycles. The van der Waals surface area contributed by atoms with Gasteiger partial charge in [-0.15, -0.1) is 0 Å². The number of carbonyl (C=O) groups is 2. The molecule has 1 saturated heterocycles. The van der Waals surface area contributed by atoms with Gasteiger partial charge in [-0.25, -0.2) is 0 Å². The third-order valence-electron chi connectivity index (χ3n) is 4.68. The number of benzene rings is 1. The van der Waals surface area contributed by atoms with Crippen molar-refractivity contribution in [1.29, 1.82) is 0 Å². The van der Waals surface area contributed by atoms with Crippen LogP contribution in [0.4, 0.5) is 0 Å². The number of aromatic nitrogens is 1.